The molecule has 0 bridgehead atoms. The van der Waals surface area contributed by atoms with Gasteiger partial charge in [-0.2, -0.15) is 0 Å². The predicted octanol–water partition coefficient (Wildman–Crippen LogP) is 12.1. The lowest BCUT2D eigenvalue weighted by Gasteiger charge is -2.14. The van der Waals surface area contributed by atoms with E-state index >= 15 is 0 Å². The summed E-state index contributed by atoms with van der Waals surface area (Å²) in [5.41, 5.74) is 10.8. The molecule has 10 aromatic rings. The Bertz CT molecular complexity index is 2910. The molecule has 5 nitrogen and oxygen atoms in total. The maximum atomic E-state index is 5.41. The first-order valence-electron chi connectivity index (χ1n) is 18.0. The largest absolute Gasteiger partial charge is 0.247 e. The van der Waals surface area contributed by atoms with Crippen LogP contribution in [0.2, 0.25) is 0 Å². The van der Waals surface area contributed by atoms with Crippen LogP contribution < -0.4 is 0 Å². The molecule has 0 aliphatic carbocycles. The number of rotatable bonds is 6. The van der Waals surface area contributed by atoms with Gasteiger partial charge in [0.2, 0.25) is 0 Å². The van der Waals surface area contributed by atoms with Crippen LogP contribution in [-0.4, -0.2) is 24.9 Å². The maximum absolute atomic E-state index is 5.41. The molecule has 3 aromatic heterocycles. The van der Waals surface area contributed by atoms with E-state index in [4.69, 9.17) is 24.9 Å². The van der Waals surface area contributed by atoms with E-state index in [2.05, 4.69) is 115 Å². The molecule has 0 aliphatic rings. The Hall–Kier alpha value is -7.37. The number of aromatic nitrogens is 5. The van der Waals surface area contributed by atoms with Gasteiger partial charge in [-0.25, -0.2) is 24.9 Å². The molecule has 0 spiro atoms. The fraction of sp³-hybridized carbons (Fsp3) is 0. The van der Waals surface area contributed by atoms with Gasteiger partial charge in [0, 0.05) is 44.0 Å². The molecule has 7 aromatic carbocycles. The molecule has 0 atom stereocenters. The average molecular weight is 690 g/mol. The minimum absolute atomic E-state index is 0.620. The van der Waals surface area contributed by atoms with Gasteiger partial charge in [0.05, 0.1) is 22.4 Å². The van der Waals surface area contributed by atoms with Crippen LogP contribution in [0.3, 0.4) is 0 Å². The third-order valence-corrected chi connectivity index (χ3v) is 9.89. The summed E-state index contributed by atoms with van der Waals surface area (Å²) in [5, 5.41) is 4.34. The van der Waals surface area contributed by atoms with Gasteiger partial charge in [0.1, 0.15) is 0 Å². The number of pyridine rings is 2. The average Bonchev–Trinajstić information content (AvgIpc) is 3.26. The minimum Gasteiger partial charge on any atom is -0.247 e. The van der Waals surface area contributed by atoms with Crippen molar-refractivity contribution in [1.82, 2.24) is 24.9 Å². The van der Waals surface area contributed by atoms with Crippen LogP contribution in [0.4, 0.5) is 0 Å². The molecule has 0 amide bonds. The minimum atomic E-state index is 0.620. The second-order valence-electron chi connectivity index (χ2n) is 13.3. The van der Waals surface area contributed by atoms with Gasteiger partial charge < -0.3 is 0 Å². The molecular formula is C49H31N5. The smallest absolute Gasteiger partial charge is 0.164 e. The Labute approximate surface area is 312 Å². The molecule has 3 heterocycles. The Morgan fingerprint density at radius 1 is 0.296 bits per heavy atom. The highest BCUT2D eigenvalue weighted by molar-refractivity contribution is 6.20. The number of nitrogens with zero attached hydrogens (tertiary/aromatic N) is 5. The number of hydrogen-bond acceptors (Lipinski definition) is 5. The molecular weight excluding hydrogens is 659 g/mol. The normalized spacial score (nSPS) is 11.3. The van der Waals surface area contributed by atoms with E-state index < -0.39 is 0 Å². The number of hydrogen-bond donors (Lipinski definition) is 0. The van der Waals surface area contributed by atoms with Crippen LogP contribution in [0.5, 0.6) is 0 Å². The molecule has 0 fully saturated rings. The van der Waals surface area contributed by atoms with Crippen LogP contribution in [0.1, 0.15) is 0 Å². The van der Waals surface area contributed by atoms with Gasteiger partial charge in [-0.15, -0.1) is 0 Å². The van der Waals surface area contributed by atoms with Gasteiger partial charge in [-0.3, -0.25) is 0 Å². The molecule has 0 aliphatic heterocycles. The Morgan fingerprint density at radius 3 is 1.44 bits per heavy atom. The quantitative estimate of drug-likeness (QED) is 0.163. The van der Waals surface area contributed by atoms with Gasteiger partial charge in [-0.05, 0) is 34.7 Å². The van der Waals surface area contributed by atoms with E-state index in [0.29, 0.717) is 17.5 Å². The topological polar surface area (TPSA) is 64.5 Å². The van der Waals surface area contributed by atoms with Crippen molar-refractivity contribution in [3.8, 4) is 67.8 Å². The number of benzene rings is 7. The molecule has 54 heavy (non-hydrogen) atoms. The second kappa shape index (κ2) is 13.3. The summed E-state index contributed by atoms with van der Waals surface area (Å²) in [7, 11) is 0. The van der Waals surface area contributed by atoms with E-state index in [0.717, 1.165) is 82.9 Å². The lowest BCUT2D eigenvalue weighted by molar-refractivity contribution is 1.07. The van der Waals surface area contributed by atoms with Gasteiger partial charge >= 0.3 is 0 Å². The van der Waals surface area contributed by atoms with Crippen molar-refractivity contribution >= 4 is 32.6 Å². The zero-order chi connectivity index (χ0) is 35.8. The van der Waals surface area contributed by atoms with E-state index in [1.54, 1.807) is 0 Å². The SMILES string of the molecule is c1ccc(-c2ccc3ccc4c5ccc(-c6cccc(-c7nc(-c8ccccc8)nc(-c8ccccc8)n7)c6)cc5nc(-c5ccccc5)c4c3n2)cc1. The fourth-order valence-electron chi connectivity index (χ4n) is 7.21. The summed E-state index contributed by atoms with van der Waals surface area (Å²) >= 11 is 0. The first-order valence-corrected chi connectivity index (χ1v) is 18.0. The van der Waals surface area contributed by atoms with Crippen LogP contribution in [0, 0.1) is 0 Å². The predicted molar refractivity (Wildman–Crippen MR) is 221 cm³/mol. The monoisotopic (exact) mass is 689 g/mol. The summed E-state index contributed by atoms with van der Waals surface area (Å²) in [6.07, 6.45) is 0. The lowest BCUT2D eigenvalue weighted by atomic mass is 9.95. The Balaban J connectivity index is 1.13. The maximum Gasteiger partial charge on any atom is 0.164 e. The molecule has 0 radical (unpaired) electrons. The Kier molecular flexibility index (Phi) is 7.73. The third kappa shape index (κ3) is 5.74. The summed E-state index contributed by atoms with van der Waals surface area (Å²) < 4.78 is 0. The zero-order valence-corrected chi connectivity index (χ0v) is 29.1. The first kappa shape index (κ1) is 31.4. The highest BCUT2D eigenvalue weighted by atomic mass is 15.0. The highest BCUT2D eigenvalue weighted by Crippen LogP contribution is 2.39. The standard InChI is InChI=1S/C49H31N5/c1-5-14-32(15-6-1)42-29-26-34-24-28-41-40-27-25-38(31-43(40)51-45(44(41)46(34)50-42)33-16-7-2-8-17-33)37-22-13-23-39(30-37)49-53-47(35-18-9-3-10-19-35)52-48(54-49)36-20-11-4-12-21-36/h1-31H. The first-order chi connectivity index (χ1) is 26.7. The summed E-state index contributed by atoms with van der Waals surface area (Å²) in [6, 6.07) is 64.5. The van der Waals surface area contributed by atoms with Crippen molar-refractivity contribution in [2.45, 2.75) is 0 Å². The summed E-state index contributed by atoms with van der Waals surface area (Å²) in [4.78, 5) is 25.5. The van der Waals surface area contributed by atoms with E-state index in [1.807, 2.05) is 72.8 Å². The van der Waals surface area contributed by atoms with E-state index in [-0.39, 0.29) is 0 Å². The van der Waals surface area contributed by atoms with Crippen molar-refractivity contribution in [2.75, 3.05) is 0 Å². The molecule has 0 saturated heterocycles. The molecule has 0 saturated carbocycles. The van der Waals surface area contributed by atoms with Gasteiger partial charge in [0.25, 0.3) is 0 Å². The van der Waals surface area contributed by atoms with Crippen molar-refractivity contribution in [3.63, 3.8) is 0 Å². The third-order valence-electron chi connectivity index (χ3n) is 9.89. The van der Waals surface area contributed by atoms with Crippen molar-refractivity contribution < 1.29 is 0 Å². The van der Waals surface area contributed by atoms with E-state index in [1.165, 1.54) is 0 Å². The molecule has 0 N–H and O–H groups in total. The second-order valence-corrected chi connectivity index (χ2v) is 13.3. The zero-order valence-electron chi connectivity index (χ0n) is 29.1. The van der Waals surface area contributed by atoms with Crippen LogP contribution in [0.25, 0.3) is 100 Å². The van der Waals surface area contributed by atoms with Crippen LogP contribution >= 0.6 is 0 Å². The van der Waals surface area contributed by atoms with Crippen LogP contribution in [0.15, 0.2) is 188 Å². The molecule has 252 valence electrons. The van der Waals surface area contributed by atoms with E-state index in [9.17, 15) is 0 Å². The van der Waals surface area contributed by atoms with Crippen molar-refractivity contribution in [2.24, 2.45) is 0 Å². The highest BCUT2D eigenvalue weighted by Gasteiger charge is 2.17. The fourth-order valence-corrected chi connectivity index (χ4v) is 7.21. The lowest BCUT2D eigenvalue weighted by Crippen LogP contribution is -2.00. The molecule has 5 heteroatoms. The summed E-state index contributed by atoms with van der Waals surface area (Å²) in [5.74, 6) is 1.89. The van der Waals surface area contributed by atoms with Gasteiger partial charge in [0.15, 0.2) is 17.5 Å². The molecule has 0 unspecified atom stereocenters. The van der Waals surface area contributed by atoms with Crippen molar-refractivity contribution in [3.05, 3.63) is 188 Å². The molecule has 10 rings (SSSR count). The Morgan fingerprint density at radius 2 is 0.796 bits per heavy atom. The van der Waals surface area contributed by atoms with Crippen molar-refractivity contribution in [1.29, 1.82) is 0 Å². The number of fused-ring (bicyclic) bond motifs is 5. The van der Waals surface area contributed by atoms with Gasteiger partial charge in [-0.1, -0.05) is 170 Å². The summed E-state index contributed by atoms with van der Waals surface area (Å²) in [6.45, 7) is 0. The van der Waals surface area contributed by atoms with Crippen LogP contribution in [-0.2, 0) is 0 Å².